The molecule has 1 aliphatic rings. The molecule has 4 heteroatoms. The van der Waals surface area contributed by atoms with E-state index in [1.165, 1.54) is 0 Å². The topological polar surface area (TPSA) is 29.5 Å². The van der Waals surface area contributed by atoms with Crippen molar-refractivity contribution in [3.05, 3.63) is 28.8 Å². The fourth-order valence-electron chi connectivity index (χ4n) is 1.96. The number of rotatable bonds is 2. The standard InChI is InChI=1S/C12H14ClNO2/c1-16-10-6-4-5-9(13)11(10)12(15)14-7-2-3-8-14/h4-6H,2-3,7-8H2,1H3. The Labute approximate surface area is 100.0 Å². The molecule has 3 nitrogen and oxygen atoms in total. The predicted octanol–water partition coefficient (Wildman–Crippen LogP) is 2.58. The quantitative estimate of drug-likeness (QED) is 0.794. The average molecular weight is 240 g/mol. The number of halogens is 1. The van der Waals surface area contributed by atoms with Crippen LogP contribution in [0.2, 0.25) is 5.02 Å². The molecule has 0 aliphatic carbocycles. The summed E-state index contributed by atoms with van der Waals surface area (Å²) in [6, 6.07) is 5.25. The Morgan fingerprint density at radius 2 is 2.06 bits per heavy atom. The van der Waals surface area contributed by atoms with E-state index in [0.29, 0.717) is 16.3 Å². The summed E-state index contributed by atoms with van der Waals surface area (Å²) in [5, 5.41) is 0.455. The van der Waals surface area contributed by atoms with Gasteiger partial charge in [0.1, 0.15) is 11.3 Å². The van der Waals surface area contributed by atoms with Crippen LogP contribution in [-0.4, -0.2) is 31.0 Å². The van der Waals surface area contributed by atoms with Crippen LogP contribution in [0, 0.1) is 0 Å². The number of methoxy groups -OCH3 is 1. The molecule has 0 atom stereocenters. The van der Waals surface area contributed by atoms with Gasteiger partial charge >= 0.3 is 0 Å². The van der Waals surface area contributed by atoms with Crippen molar-refractivity contribution in [1.29, 1.82) is 0 Å². The number of carbonyl (C=O) groups is 1. The summed E-state index contributed by atoms with van der Waals surface area (Å²) in [6.45, 7) is 1.63. The molecule has 0 radical (unpaired) electrons. The van der Waals surface area contributed by atoms with E-state index >= 15 is 0 Å². The molecule has 1 fully saturated rings. The molecule has 1 heterocycles. The lowest BCUT2D eigenvalue weighted by Crippen LogP contribution is -2.28. The molecule has 86 valence electrons. The van der Waals surface area contributed by atoms with Crippen molar-refractivity contribution < 1.29 is 9.53 Å². The third-order valence-electron chi connectivity index (χ3n) is 2.80. The maximum absolute atomic E-state index is 12.2. The summed E-state index contributed by atoms with van der Waals surface area (Å²) in [6.07, 6.45) is 2.14. The molecule has 0 unspecified atom stereocenters. The molecule has 1 aromatic rings. The summed E-state index contributed by atoms with van der Waals surface area (Å²) < 4.78 is 5.17. The molecule has 0 aromatic heterocycles. The van der Waals surface area contributed by atoms with E-state index in [1.807, 2.05) is 4.90 Å². The molecule has 0 N–H and O–H groups in total. The van der Waals surface area contributed by atoms with E-state index in [9.17, 15) is 4.79 Å². The minimum Gasteiger partial charge on any atom is -0.496 e. The Hall–Kier alpha value is -1.22. The minimum absolute atomic E-state index is 0.0278. The third-order valence-corrected chi connectivity index (χ3v) is 3.12. The number of carbonyl (C=O) groups excluding carboxylic acids is 1. The molecule has 1 amide bonds. The molecular weight excluding hydrogens is 226 g/mol. The second kappa shape index (κ2) is 4.74. The Morgan fingerprint density at radius 1 is 1.38 bits per heavy atom. The summed E-state index contributed by atoms with van der Waals surface area (Å²) in [5.41, 5.74) is 0.480. The van der Waals surface area contributed by atoms with Gasteiger partial charge in [-0.05, 0) is 25.0 Å². The van der Waals surface area contributed by atoms with Crippen molar-refractivity contribution in [3.8, 4) is 5.75 Å². The van der Waals surface area contributed by atoms with Gasteiger partial charge in [0.25, 0.3) is 5.91 Å². The molecular formula is C12H14ClNO2. The minimum atomic E-state index is -0.0278. The van der Waals surface area contributed by atoms with Gasteiger partial charge in [-0.25, -0.2) is 0 Å². The van der Waals surface area contributed by atoms with Crippen LogP contribution in [0.5, 0.6) is 5.75 Å². The molecule has 16 heavy (non-hydrogen) atoms. The van der Waals surface area contributed by atoms with E-state index in [-0.39, 0.29) is 5.91 Å². The Bertz CT molecular complexity index is 400. The van der Waals surface area contributed by atoms with Crippen LogP contribution in [-0.2, 0) is 0 Å². The number of amides is 1. The van der Waals surface area contributed by atoms with E-state index in [4.69, 9.17) is 16.3 Å². The van der Waals surface area contributed by atoms with Gasteiger partial charge in [-0.1, -0.05) is 17.7 Å². The number of likely N-dealkylation sites (tertiary alicyclic amines) is 1. The largest absolute Gasteiger partial charge is 0.496 e. The number of hydrogen-bond acceptors (Lipinski definition) is 2. The highest BCUT2D eigenvalue weighted by molar-refractivity contribution is 6.34. The monoisotopic (exact) mass is 239 g/mol. The van der Waals surface area contributed by atoms with Gasteiger partial charge in [-0.15, -0.1) is 0 Å². The maximum Gasteiger partial charge on any atom is 0.259 e. The SMILES string of the molecule is COc1cccc(Cl)c1C(=O)N1CCCC1. The second-order valence-corrected chi connectivity index (χ2v) is 4.22. The number of hydrogen-bond donors (Lipinski definition) is 0. The van der Waals surface area contributed by atoms with Crippen molar-refractivity contribution in [1.82, 2.24) is 4.90 Å². The van der Waals surface area contributed by atoms with E-state index in [2.05, 4.69) is 0 Å². The Balaban J connectivity index is 2.34. The highest BCUT2D eigenvalue weighted by Crippen LogP contribution is 2.28. The lowest BCUT2D eigenvalue weighted by molar-refractivity contribution is 0.0789. The van der Waals surface area contributed by atoms with Gasteiger partial charge in [-0.2, -0.15) is 0 Å². The lowest BCUT2D eigenvalue weighted by atomic mass is 10.1. The summed E-state index contributed by atoms with van der Waals surface area (Å²) in [4.78, 5) is 14.0. The Kier molecular flexibility index (Phi) is 3.34. The summed E-state index contributed by atoms with van der Waals surface area (Å²) in [5.74, 6) is 0.518. The molecule has 0 saturated carbocycles. The van der Waals surface area contributed by atoms with Crippen LogP contribution < -0.4 is 4.74 Å². The smallest absolute Gasteiger partial charge is 0.259 e. The number of ether oxygens (including phenoxy) is 1. The first-order chi connectivity index (χ1) is 7.74. The van der Waals surface area contributed by atoms with Crippen LogP contribution in [0.4, 0.5) is 0 Å². The van der Waals surface area contributed by atoms with Crippen LogP contribution in [0.15, 0.2) is 18.2 Å². The van der Waals surface area contributed by atoms with Crippen LogP contribution in [0.3, 0.4) is 0 Å². The highest BCUT2D eigenvalue weighted by Gasteiger charge is 2.24. The van der Waals surface area contributed by atoms with E-state index in [1.54, 1.807) is 25.3 Å². The molecule has 0 spiro atoms. The summed E-state index contributed by atoms with van der Waals surface area (Å²) >= 11 is 6.05. The maximum atomic E-state index is 12.2. The van der Waals surface area contributed by atoms with Gasteiger partial charge in [-0.3, -0.25) is 4.79 Å². The molecule has 1 aliphatic heterocycles. The molecule has 1 aromatic carbocycles. The first kappa shape index (κ1) is 11.3. The Morgan fingerprint density at radius 3 is 2.69 bits per heavy atom. The van der Waals surface area contributed by atoms with Crippen molar-refractivity contribution in [2.45, 2.75) is 12.8 Å². The van der Waals surface area contributed by atoms with Gasteiger partial charge in [0, 0.05) is 13.1 Å². The fourth-order valence-corrected chi connectivity index (χ4v) is 2.21. The number of nitrogens with zero attached hydrogens (tertiary/aromatic N) is 1. The van der Waals surface area contributed by atoms with Crippen molar-refractivity contribution in [3.63, 3.8) is 0 Å². The van der Waals surface area contributed by atoms with Gasteiger partial charge in [0.2, 0.25) is 0 Å². The average Bonchev–Trinajstić information content (AvgIpc) is 2.81. The van der Waals surface area contributed by atoms with Crippen LogP contribution in [0.1, 0.15) is 23.2 Å². The first-order valence-electron chi connectivity index (χ1n) is 5.36. The zero-order chi connectivity index (χ0) is 11.5. The highest BCUT2D eigenvalue weighted by atomic mass is 35.5. The van der Waals surface area contributed by atoms with E-state index < -0.39 is 0 Å². The zero-order valence-electron chi connectivity index (χ0n) is 9.20. The van der Waals surface area contributed by atoms with Crippen LogP contribution >= 0.6 is 11.6 Å². The van der Waals surface area contributed by atoms with Crippen LogP contribution in [0.25, 0.3) is 0 Å². The molecule has 2 rings (SSSR count). The van der Waals surface area contributed by atoms with Crippen molar-refractivity contribution in [2.75, 3.05) is 20.2 Å². The predicted molar refractivity (Wildman–Crippen MR) is 63.1 cm³/mol. The van der Waals surface area contributed by atoms with Crippen molar-refractivity contribution >= 4 is 17.5 Å². The van der Waals surface area contributed by atoms with Crippen molar-refractivity contribution in [2.24, 2.45) is 0 Å². The molecule has 1 saturated heterocycles. The molecule has 0 bridgehead atoms. The lowest BCUT2D eigenvalue weighted by Gasteiger charge is -2.17. The first-order valence-corrected chi connectivity index (χ1v) is 5.73. The fraction of sp³-hybridized carbons (Fsp3) is 0.417. The van der Waals surface area contributed by atoms with E-state index in [0.717, 1.165) is 25.9 Å². The normalized spacial score (nSPS) is 15.2. The number of benzene rings is 1. The van der Waals surface area contributed by atoms with Gasteiger partial charge in [0.05, 0.1) is 12.1 Å². The van der Waals surface area contributed by atoms with Gasteiger partial charge < -0.3 is 9.64 Å². The van der Waals surface area contributed by atoms with Gasteiger partial charge in [0.15, 0.2) is 0 Å². The zero-order valence-corrected chi connectivity index (χ0v) is 9.96. The summed E-state index contributed by atoms with van der Waals surface area (Å²) in [7, 11) is 1.55. The second-order valence-electron chi connectivity index (χ2n) is 3.82. The third kappa shape index (κ3) is 2.00.